The second-order valence-electron chi connectivity index (χ2n) is 6.89. The topological polar surface area (TPSA) is 76.3 Å². The van der Waals surface area contributed by atoms with E-state index in [4.69, 9.17) is 10.5 Å². The molecule has 29 heavy (non-hydrogen) atoms. The Kier molecular flexibility index (Phi) is 4.75. The van der Waals surface area contributed by atoms with E-state index in [1.807, 2.05) is 24.4 Å². The average molecular weight is 404 g/mol. The van der Waals surface area contributed by atoms with Crippen molar-refractivity contribution in [1.82, 2.24) is 9.97 Å². The smallest absolute Gasteiger partial charge is 0.189 e. The van der Waals surface area contributed by atoms with E-state index in [0.717, 1.165) is 58.5 Å². The number of nitrogens with one attached hydrogen (secondary N) is 1. The number of nitrogens with zero attached hydrogens (tertiary/aromatic N) is 3. The molecule has 3 heterocycles. The summed E-state index contributed by atoms with van der Waals surface area (Å²) < 4.78 is 5.42. The Bertz CT molecular complexity index is 1130. The van der Waals surface area contributed by atoms with Gasteiger partial charge in [-0.3, -0.25) is 4.98 Å². The Morgan fingerprint density at radius 3 is 2.62 bits per heavy atom. The van der Waals surface area contributed by atoms with E-state index in [1.54, 1.807) is 0 Å². The van der Waals surface area contributed by atoms with E-state index < -0.39 is 0 Å². The van der Waals surface area contributed by atoms with E-state index in [1.165, 1.54) is 17.0 Å². The zero-order valence-corrected chi connectivity index (χ0v) is 16.7. The van der Waals surface area contributed by atoms with Crippen LogP contribution in [0.25, 0.3) is 21.3 Å². The van der Waals surface area contributed by atoms with Crippen molar-refractivity contribution in [2.24, 2.45) is 0 Å². The summed E-state index contributed by atoms with van der Waals surface area (Å²) in [5.41, 5.74) is 9.30. The minimum absolute atomic E-state index is 0.492. The lowest BCUT2D eigenvalue weighted by Gasteiger charge is -2.28. The molecule has 4 aromatic rings. The fourth-order valence-corrected chi connectivity index (χ4v) is 4.47. The van der Waals surface area contributed by atoms with E-state index in [0.29, 0.717) is 5.82 Å². The average Bonchev–Trinajstić information content (AvgIpc) is 3.14. The number of fused-ring (bicyclic) bond motifs is 1. The van der Waals surface area contributed by atoms with Gasteiger partial charge >= 0.3 is 0 Å². The Labute approximate surface area is 173 Å². The van der Waals surface area contributed by atoms with Gasteiger partial charge in [-0.1, -0.05) is 35.6 Å². The standard InChI is InChI=1S/C22H21N5OS/c23-21-20(19-18-4-2-1-3-15(18)9-10-24-19)29-22(26-21)25-16-5-7-17(8-6-16)27-11-13-28-14-12-27/h1-10H,11-14,23H2,(H,25,26). The summed E-state index contributed by atoms with van der Waals surface area (Å²) in [6.07, 6.45) is 1.81. The van der Waals surface area contributed by atoms with Crippen LogP contribution in [0.5, 0.6) is 0 Å². The molecule has 0 aliphatic carbocycles. The van der Waals surface area contributed by atoms with E-state index in [2.05, 4.69) is 56.6 Å². The molecule has 5 rings (SSSR count). The van der Waals surface area contributed by atoms with Gasteiger partial charge in [0, 0.05) is 36.0 Å². The van der Waals surface area contributed by atoms with Gasteiger partial charge in [0.05, 0.1) is 23.8 Å². The van der Waals surface area contributed by atoms with Crippen LogP contribution in [0.3, 0.4) is 0 Å². The number of hydrogen-bond donors (Lipinski definition) is 2. The van der Waals surface area contributed by atoms with Crippen LogP contribution in [0.1, 0.15) is 0 Å². The Morgan fingerprint density at radius 2 is 1.79 bits per heavy atom. The van der Waals surface area contributed by atoms with Gasteiger partial charge in [0.2, 0.25) is 0 Å². The number of thiazole rings is 1. The van der Waals surface area contributed by atoms with Crippen LogP contribution in [0.2, 0.25) is 0 Å². The molecule has 0 radical (unpaired) electrons. The molecular formula is C22H21N5OS. The highest BCUT2D eigenvalue weighted by Crippen LogP contribution is 2.38. The molecule has 1 aliphatic heterocycles. The first-order chi connectivity index (χ1) is 14.3. The molecule has 2 aromatic heterocycles. The molecule has 6 nitrogen and oxygen atoms in total. The highest BCUT2D eigenvalue weighted by molar-refractivity contribution is 7.19. The van der Waals surface area contributed by atoms with Crippen LogP contribution >= 0.6 is 11.3 Å². The zero-order chi connectivity index (χ0) is 19.6. The molecule has 1 fully saturated rings. The maximum Gasteiger partial charge on any atom is 0.189 e. The highest BCUT2D eigenvalue weighted by Gasteiger charge is 2.15. The molecule has 3 N–H and O–H groups in total. The van der Waals surface area contributed by atoms with Gasteiger partial charge in [-0.25, -0.2) is 4.98 Å². The minimum atomic E-state index is 0.492. The van der Waals surface area contributed by atoms with Gasteiger partial charge in [-0.2, -0.15) is 0 Å². The van der Waals surface area contributed by atoms with Crippen molar-refractivity contribution in [1.29, 1.82) is 0 Å². The van der Waals surface area contributed by atoms with Gasteiger partial charge in [-0.05, 0) is 35.7 Å². The van der Waals surface area contributed by atoms with Crippen molar-refractivity contribution in [2.75, 3.05) is 42.3 Å². The quantitative estimate of drug-likeness (QED) is 0.522. The molecule has 1 saturated heterocycles. The molecule has 7 heteroatoms. The number of ether oxygens (including phenoxy) is 1. The predicted octanol–water partition coefficient (Wildman–Crippen LogP) is 4.52. The minimum Gasteiger partial charge on any atom is -0.382 e. The molecule has 0 spiro atoms. The van der Waals surface area contributed by atoms with Gasteiger partial charge in [0.15, 0.2) is 5.13 Å². The van der Waals surface area contributed by atoms with E-state index in [9.17, 15) is 0 Å². The number of hydrogen-bond acceptors (Lipinski definition) is 7. The van der Waals surface area contributed by atoms with Crippen LogP contribution in [-0.4, -0.2) is 36.3 Å². The van der Waals surface area contributed by atoms with Gasteiger partial charge in [0.1, 0.15) is 5.82 Å². The first-order valence-corrected chi connectivity index (χ1v) is 10.4. The number of rotatable bonds is 4. The molecule has 0 bridgehead atoms. The third-order valence-electron chi connectivity index (χ3n) is 5.04. The Balaban J connectivity index is 1.39. The summed E-state index contributed by atoms with van der Waals surface area (Å²) in [7, 11) is 0. The summed E-state index contributed by atoms with van der Waals surface area (Å²) in [6, 6.07) is 18.6. The number of aromatic nitrogens is 2. The van der Waals surface area contributed by atoms with Crippen LogP contribution in [0.15, 0.2) is 60.8 Å². The Morgan fingerprint density at radius 1 is 1.00 bits per heavy atom. The monoisotopic (exact) mass is 403 g/mol. The third-order valence-corrected chi connectivity index (χ3v) is 6.03. The van der Waals surface area contributed by atoms with Crippen LogP contribution in [0.4, 0.5) is 22.3 Å². The fourth-order valence-electron chi connectivity index (χ4n) is 3.56. The number of anilines is 4. The number of benzene rings is 2. The van der Waals surface area contributed by atoms with Crippen molar-refractivity contribution in [3.63, 3.8) is 0 Å². The summed E-state index contributed by atoms with van der Waals surface area (Å²) in [5.74, 6) is 0.492. The number of pyridine rings is 1. The van der Waals surface area contributed by atoms with Crippen molar-refractivity contribution >= 4 is 44.4 Å². The van der Waals surface area contributed by atoms with Gasteiger partial charge < -0.3 is 20.7 Å². The lowest BCUT2D eigenvalue weighted by Crippen LogP contribution is -2.36. The van der Waals surface area contributed by atoms with E-state index >= 15 is 0 Å². The lowest BCUT2D eigenvalue weighted by molar-refractivity contribution is 0.122. The van der Waals surface area contributed by atoms with Crippen molar-refractivity contribution < 1.29 is 4.74 Å². The molecule has 0 amide bonds. The Hall–Kier alpha value is -3.16. The molecule has 1 aliphatic rings. The lowest BCUT2D eigenvalue weighted by atomic mass is 10.1. The molecule has 0 saturated carbocycles. The van der Waals surface area contributed by atoms with Gasteiger partial charge in [-0.15, -0.1) is 0 Å². The predicted molar refractivity (Wildman–Crippen MR) is 120 cm³/mol. The summed E-state index contributed by atoms with van der Waals surface area (Å²) in [6.45, 7) is 3.42. The first kappa shape index (κ1) is 17.9. The maximum atomic E-state index is 6.24. The number of nitrogen functional groups attached to an aromatic ring is 1. The van der Waals surface area contributed by atoms with Crippen molar-refractivity contribution in [2.45, 2.75) is 0 Å². The van der Waals surface area contributed by atoms with Crippen LogP contribution < -0.4 is 16.0 Å². The maximum absolute atomic E-state index is 6.24. The highest BCUT2D eigenvalue weighted by atomic mass is 32.1. The summed E-state index contributed by atoms with van der Waals surface area (Å²) >= 11 is 1.52. The molecule has 2 aromatic carbocycles. The van der Waals surface area contributed by atoms with Gasteiger partial charge in [0.25, 0.3) is 0 Å². The molecule has 0 unspecified atom stereocenters. The second kappa shape index (κ2) is 7.69. The van der Waals surface area contributed by atoms with Crippen molar-refractivity contribution in [3.8, 4) is 10.6 Å². The third kappa shape index (κ3) is 3.62. The number of morpholine rings is 1. The normalized spacial score (nSPS) is 14.3. The fraction of sp³-hybridized carbons (Fsp3) is 0.182. The zero-order valence-electron chi connectivity index (χ0n) is 15.8. The molecule has 0 atom stereocenters. The van der Waals surface area contributed by atoms with E-state index in [-0.39, 0.29) is 0 Å². The largest absolute Gasteiger partial charge is 0.382 e. The first-order valence-electron chi connectivity index (χ1n) is 9.58. The summed E-state index contributed by atoms with van der Waals surface area (Å²) in [5, 5.41) is 6.34. The number of nitrogens with two attached hydrogens (primary N) is 1. The molecule has 146 valence electrons. The van der Waals surface area contributed by atoms with Crippen LogP contribution in [0, 0.1) is 0 Å². The molecular weight excluding hydrogens is 382 g/mol. The SMILES string of the molecule is Nc1nc(Nc2ccc(N3CCOCC3)cc2)sc1-c1nccc2ccccc12. The van der Waals surface area contributed by atoms with Crippen LogP contribution in [-0.2, 0) is 4.74 Å². The van der Waals surface area contributed by atoms with Crippen molar-refractivity contribution in [3.05, 3.63) is 60.8 Å². The second-order valence-corrected chi connectivity index (χ2v) is 7.88. The summed E-state index contributed by atoms with van der Waals surface area (Å²) in [4.78, 5) is 12.3.